The smallest absolute Gasteiger partial charge is 0.325 e. The number of carboxylic acid groups (broad SMARTS) is 1. The summed E-state index contributed by atoms with van der Waals surface area (Å²) in [5, 5.41) is 11.0. The fraction of sp³-hybridized carbons (Fsp3) is 0.333. The summed E-state index contributed by atoms with van der Waals surface area (Å²) in [7, 11) is 0. The molecule has 0 saturated carbocycles. The van der Waals surface area contributed by atoms with Crippen LogP contribution in [-0.2, 0) is 4.79 Å². The van der Waals surface area contributed by atoms with Gasteiger partial charge in [-0.25, -0.2) is 0 Å². The Morgan fingerprint density at radius 1 is 1.50 bits per heavy atom. The van der Waals surface area contributed by atoms with E-state index in [0.29, 0.717) is 4.88 Å². The van der Waals surface area contributed by atoms with E-state index in [9.17, 15) is 9.59 Å². The number of carboxylic acids is 1. The Balaban J connectivity index is 2.63. The van der Waals surface area contributed by atoms with Crippen LogP contribution in [0.5, 0.6) is 0 Å². The largest absolute Gasteiger partial charge is 0.480 e. The zero-order valence-corrected chi connectivity index (χ0v) is 8.72. The number of amides is 1. The highest BCUT2D eigenvalue weighted by molar-refractivity contribution is 7.13. The monoisotopic (exact) mass is 213 g/mol. The maximum atomic E-state index is 11.4. The minimum Gasteiger partial charge on any atom is -0.480 e. The maximum Gasteiger partial charge on any atom is 0.325 e. The van der Waals surface area contributed by atoms with Gasteiger partial charge in [-0.1, -0.05) is 0 Å². The standard InChI is InChI=1S/C9H11NO3S/c1-5-3-4-7(14-5)8(11)10-6(2)9(12)13/h3-4,6H,1-2H3,(H,10,11)(H,12,13)/t6-/m1/s1. The normalized spacial score (nSPS) is 12.1. The third-order valence-corrected chi connectivity index (χ3v) is 2.68. The summed E-state index contributed by atoms with van der Waals surface area (Å²) in [5.41, 5.74) is 0. The molecule has 0 fully saturated rings. The second kappa shape index (κ2) is 4.23. The van der Waals surface area contributed by atoms with Crippen LogP contribution in [0.25, 0.3) is 0 Å². The van der Waals surface area contributed by atoms with Crippen LogP contribution in [0.3, 0.4) is 0 Å². The Morgan fingerprint density at radius 2 is 2.14 bits per heavy atom. The molecule has 0 unspecified atom stereocenters. The van der Waals surface area contributed by atoms with Gasteiger partial charge in [0.1, 0.15) is 6.04 Å². The number of aryl methyl sites for hydroxylation is 1. The van der Waals surface area contributed by atoms with E-state index < -0.39 is 12.0 Å². The van der Waals surface area contributed by atoms with Crippen molar-refractivity contribution in [2.75, 3.05) is 0 Å². The molecule has 14 heavy (non-hydrogen) atoms. The van der Waals surface area contributed by atoms with Crippen molar-refractivity contribution in [1.29, 1.82) is 0 Å². The number of carbonyl (C=O) groups is 2. The van der Waals surface area contributed by atoms with Crippen molar-refractivity contribution >= 4 is 23.2 Å². The van der Waals surface area contributed by atoms with Crippen molar-refractivity contribution in [1.82, 2.24) is 5.32 Å². The average molecular weight is 213 g/mol. The first-order valence-electron chi connectivity index (χ1n) is 4.11. The zero-order valence-electron chi connectivity index (χ0n) is 7.90. The minimum absolute atomic E-state index is 0.335. The van der Waals surface area contributed by atoms with E-state index in [1.165, 1.54) is 18.3 Å². The van der Waals surface area contributed by atoms with Gasteiger partial charge in [0.25, 0.3) is 5.91 Å². The molecule has 0 spiro atoms. The molecular weight excluding hydrogens is 202 g/mol. The molecule has 0 radical (unpaired) electrons. The van der Waals surface area contributed by atoms with Crippen molar-refractivity contribution in [3.63, 3.8) is 0 Å². The number of nitrogens with one attached hydrogen (secondary N) is 1. The molecule has 76 valence electrons. The summed E-state index contributed by atoms with van der Waals surface area (Å²) in [5.74, 6) is -1.37. The van der Waals surface area contributed by atoms with Crippen molar-refractivity contribution < 1.29 is 14.7 Å². The first-order valence-corrected chi connectivity index (χ1v) is 4.92. The van der Waals surface area contributed by atoms with E-state index >= 15 is 0 Å². The van der Waals surface area contributed by atoms with Gasteiger partial charge in [0, 0.05) is 4.88 Å². The quantitative estimate of drug-likeness (QED) is 0.794. The molecule has 0 bridgehead atoms. The molecule has 1 atom stereocenters. The van der Waals surface area contributed by atoms with Gasteiger partial charge in [-0.15, -0.1) is 11.3 Å². The first-order chi connectivity index (χ1) is 6.50. The van der Waals surface area contributed by atoms with Crippen molar-refractivity contribution in [2.24, 2.45) is 0 Å². The number of thiophene rings is 1. The van der Waals surface area contributed by atoms with Crippen LogP contribution in [0.15, 0.2) is 12.1 Å². The van der Waals surface area contributed by atoms with Crippen molar-refractivity contribution in [2.45, 2.75) is 19.9 Å². The van der Waals surface area contributed by atoms with Crippen molar-refractivity contribution in [3.05, 3.63) is 21.9 Å². The second-order valence-corrected chi connectivity index (χ2v) is 4.23. The molecular formula is C9H11NO3S. The van der Waals surface area contributed by atoms with Gasteiger partial charge in [0.05, 0.1) is 4.88 Å². The van der Waals surface area contributed by atoms with Gasteiger partial charge in [-0.3, -0.25) is 9.59 Å². The fourth-order valence-corrected chi connectivity index (χ4v) is 1.66. The van der Waals surface area contributed by atoms with Crippen LogP contribution in [0, 0.1) is 6.92 Å². The lowest BCUT2D eigenvalue weighted by Crippen LogP contribution is -2.37. The molecule has 0 aliphatic rings. The summed E-state index contributed by atoms with van der Waals surface area (Å²) in [4.78, 5) is 23.4. The lowest BCUT2D eigenvalue weighted by Gasteiger charge is -2.07. The topological polar surface area (TPSA) is 66.4 Å². The van der Waals surface area contributed by atoms with E-state index in [1.54, 1.807) is 6.07 Å². The highest BCUT2D eigenvalue weighted by Crippen LogP contribution is 2.14. The van der Waals surface area contributed by atoms with Crippen LogP contribution >= 0.6 is 11.3 Å². The molecule has 2 N–H and O–H groups in total. The lowest BCUT2D eigenvalue weighted by atomic mass is 10.3. The average Bonchev–Trinajstić information content (AvgIpc) is 2.51. The van der Waals surface area contributed by atoms with Crippen LogP contribution < -0.4 is 5.32 Å². The predicted octanol–water partition coefficient (Wildman–Crippen LogP) is 1.26. The van der Waals surface area contributed by atoms with E-state index in [0.717, 1.165) is 4.88 Å². The lowest BCUT2D eigenvalue weighted by molar-refractivity contribution is -0.138. The number of hydrogen-bond donors (Lipinski definition) is 2. The van der Waals surface area contributed by atoms with Gasteiger partial charge in [0.2, 0.25) is 0 Å². The summed E-state index contributed by atoms with van der Waals surface area (Å²) in [6, 6.07) is 2.65. The summed E-state index contributed by atoms with van der Waals surface area (Å²) in [6.45, 7) is 3.32. The molecule has 0 saturated heterocycles. The number of carbonyl (C=O) groups excluding carboxylic acids is 1. The van der Waals surface area contributed by atoms with Gasteiger partial charge < -0.3 is 10.4 Å². The highest BCUT2D eigenvalue weighted by atomic mass is 32.1. The predicted molar refractivity (Wildman–Crippen MR) is 53.6 cm³/mol. The number of rotatable bonds is 3. The summed E-state index contributed by atoms with van der Waals surface area (Å²) >= 11 is 1.34. The minimum atomic E-state index is -1.04. The summed E-state index contributed by atoms with van der Waals surface area (Å²) in [6.07, 6.45) is 0. The zero-order chi connectivity index (χ0) is 10.7. The molecule has 4 nitrogen and oxygen atoms in total. The fourth-order valence-electron chi connectivity index (χ4n) is 0.886. The highest BCUT2D eigenvalue weighted by Gasteiger charge is 2.15. The molecule has 1 amide bonds. The molecule has 1 rings (SSSR count). The van der Waals surface area contributed by atoms with Gasteiger partial charge >= 0.3 is 5.97 Å². The van der Waals surface area contributed by atoms with Crippen LogP contribution in [-0.4, -0.2) is 23.0 Å². The second-order valence-electron chi connectivity index (χ2n) is 2.94. The van der Waals surface area contributed by atoms with Crippen LogP contribution in [0.1, 0.15) is 21.5 Å². The SMILES string of the molecule is Cc1ccc(C(=O)N[C@H](C)C(=O)O)s1. The Labute approximate surface area is 85.6 Å². The molecule has 0 aliphatic carbocycles. The maximum absolute atomic E-state index is 11.4. The third-order valence-electron chi connectivity index (χ3n) is 1.68. The molecule has 0 aliphatic heterocycles. The first kappa shape index (κ1) is 10.7. The molecule has 1 heterocycles. The van der Waals surface area contributed by atoms with Gasteiger partial charge in [-0.05, 0) is 26.0 Å². The van der Waals surface area contributed by atoms with Crippen LogP contribution in [0.4, 0.5) is 0 Å². The van der Waals surface area contributed by atoms with E-state index in [1.807, 2.05) is 13.0 Å². The van der Waals surface area contributed by atoms with E-state index in [4.69, 9.17) is 5.11 Å². The van der Waals surface area contributed by atoms with Gasteiger partial charge in [0.15, 0.2) is 0 Å². The van der Waals surface area contributed by atoms with Gasteiger partial charge in [-0.2, -0.15) is 0 Å². The summed E-state index contributed by atoms with van der Waals surface area (Å²) < 4.78 is 0. The van der Waals surface area contributed by atoms with Crippen molar-refractivity contribution in [3.8, 4) is 0 Å². The van der Waals surface area contributed by atoms with E-state index in [2.05, 4.69) is 5.32 Å². The molecule has 1 aromatic heterocycles. The Bertz CT molecular complexity index is 359. The Hall–Kier alpha value is -1.36. The Morgan fingerprint density at radius 3 is 2.57 bits per heavy atom. The molecule has 0 aromatic carbocycles. The third kappa shape index (κ3) is 2.56. The van der Waals surface area contributed by atoms with E-state index in [-0.39, 0.29) is 5.91 Å². The molecule has 1 aromatic rings. The van der Waals surface area contributed by atoms with Crippen LogP contribution in [0.2, 0.25) is 0 Å². The molecule has 5 heteroatoms. The Kier molecular flexibility index (Phi) is 3.24. The number of hydrogen-bond acceptors (Lipinski definition) is 3. The number of aliphatic carboxylic acids is 1.